The van der Waals surface area contributed by atoms with Crippen LogP contribution in [-0.2, 0) is 4.74 Å². The first-order valence-corrected chi connectivity index (χ1v) is 6.19. The van der Waals surface area contributed by atoms with Crippen LogP contribution in [0.5, 0.6) is 0 Å². The molecule has 0 aromatic rings. The van der Waals surface area contributed by atoms with E-state index in [-0.39, 0.29) is 0 Å². The summed E-state index contributed by atoms with van der Waals surface area (Å²) in [5, 5.41) is 0. The maximum Gasteiger partial charge on any atom is 0.0724 e. The molecule has 3 nitrogen and oxygen atoms in total. The van der Waals surface area contributed by atoms with Crippen LogP contribution < -0.4 is 5.73 Å². The zero-order valence-corrected chi connectivity index (χ0v) is 10.4. The summed E-state index contributed by atoms with van der Waals surface area (Å²) in [6, 6.07) is 0.556. The Morgan fingerprint density at radius 2 is 2.27 bits per heavy atom. The van der Waals surface area contributed by atoms with Crippen LogP contribution in [0, 0.1) is 5.92 Å². The van der Waals surface area contributed by atoms with Gasteiger partial charge >= 0.3 is 0 Å². The van der Waals surface area contributed by atoms with Gasteiger partial charge in [0.05, 0.1) is 6.10 Å². The summed E-state index contributed by atoms with van der Waals surface area (Å²) in [6.07, 6.45) is 4.05. The molecule has 0 spiro atoms. The Kier molecular flexibility index (Phi) is 5.58. The zero-order valence-electron chi connectivity index (χ0n) is 10.4. The highest BCUT2D eigenvalue weighted by Gasteiger charge is 2.29. The number of piperidine rings is 1. The molecule has 3 heteroatoms. The first kappa shape index (κ1) is 12.9. The molecule has 1 heterocycles. The molecule has 1 aliphatic heterocycles. The molecule has 2 N–H and O–H groups in total. The SMILES string of the molecule is CCCC(CN)N1CCC(C)C(OC)C1. The molecule has 1 rings (SSSR count). The van der Waals surface area contributed by atoms with E-state index in [0.717, 1.165) is 13.1 Å². The first-order chi connectivity index (χ1) is 7.22. The van der Waals surface area contributed by atoms with Gasteiger partial charge < -0.3 is 10.5 Å². The van der Waals surface area contributed by atoms with E-state index in [1.807, 2.05) is 7.11 Å². The molecule has 1 saturated heterocycles. The average molecular weight is 214 g/mol. The van der Waals surface area contributed by atoms with Gasteiger partial charge in [0.2, 0.25) is 0 Å². The predicted octanol–water partition coefficient (Wildman–Crippen LogP) is 1.47. The normalized spacial score (nSPS) is 30.4. The molecule has 15 heavy (non-hydrogen) atoms. The highest BCUT2D eigenvalue weighted by Crippen LogP contribution is 2.22. The third kappa shape index (κ3) is 3.44. The van der Waals surface area contributed by atoms with Gasteiger partial charge in [-0.25, -0.2) is 0 Å². The number of methoxy groups -OCH3 is 1. The number of nitrogens with zero attached hydrogens (tertiary/aromatic N) is 1. The van der Waals surface area contributed by atoms with Crippen LogP contribution in [-0.4, -0.2) is 43.8 Å². The molecular weight excluding hydrogens is 188 g/mol. The van der Waals surface area contributed by atoms with Crippen molar-refractivity contribution < 1.29 is 4.74 Å². The molecule has 0 aromatic carbocycles. The summed E-state index contributed by atoms with van der Waals surface area (Å²) < 4.78 is 5.52. The second kappa shape index (κ2) is 6.46. The summed E-state index contributed by atoms with van der Waals surface area (Å²) in [5.41, 5.74) is 5.83. The fraction of sp³-hybridized carbons (Fsp3) is 1.00. The van der Waals surface area contributed by atoms with Crippen molar-refractivity contribution >= 4 is 0 Å². The van der Waals surface area contributed by atoms with E-state index in [2.05, 4.69) is 18.7 Å². The Morgan fingerprint density at radius 1 is 1.53 bits per heavy atom. The van der Waals surface area contributed by atoms with E-state index in [0.29, 0.717) is 18.1 Å². The maximum atomic E-state index is 5.83. The quantitative estimate of drug-likeness (QED) is 0.753. The zero-order chi connectivity index (χ0) is 11.3. The van der Waals surface area contributed by atoms with Gasteiger partial charge in [-0.1, -0.05) is 20.3 Å². The molecule has 1 fully saturated rings. The van der Waals surface area contributed by atoms with E-state index >= 15 is 0 Å². The largest absolute Gasteiger partial charge is 0.380 e. The van der Waals surface area contributed by atoms with Gasteiger partial charge in [0.1, 0.15) is 0 Å². The van der Waals surface area contributed by atoms with Gasteiger partial charge in [-0.05, 0) is 25.3 Å². The van der Waals surface area contributed by atoms with E-state index < -0.39 is 0 Å². The number of nitrogens with two attached hydrogens (primary N) is 1. The number of ether oxygens (including phenoxy) is 1. The highest BCUT2D eigenvalue weighted by molar-refractivity contribution is 4.83. The molecule has 0 saturated carbocycles. The molecule has 0 bridgehead atoms. The van der Waals surface area contributed by atoms with Gasteiger partial charge in [-0.15, -0.1) is 0 Å². The fourth-order valence-corrected chi connectivity index (χ4v) is 2.48. The highest BCUT2D eigenvalue weighted by atomic mass is 16.5. The summed E-state index contributed by atoms with van der Waals surface area (Å²) in [5.74, 6) is 0.686. The minimum absolute atomic E-state index is 0.393. The van der Waals surface area contributed by atoms with Gasteiger partial charge in [0.15, 0.2) is 0 Å². The molecule has 90 valence electrons. The molecule has 0 aromatic heterocycles. The van der Waals surface area contributed by atoms with E-state index in [1.165, 1.54) is 25.8 Å². The van der Waals surface area contributed by atoms with Crippen LogP contribution in [0.1, 0.15) is 33.1 Å². The minimum Gasteiger partial charge on any atom is -0.380 e. The summed E-state index contributed by atoms with van der Waals surface area (Å²) >= 11 is 0. The lowest BCUT2D eigenvalue weighted by Crippen LogP contribution is -2.50. The van der Waals surface area contributed by atoms with Crippen molar-refractivity contribution in [1.29, 1.82) is 0 Å². The molecular formula is C12H26N2O. The Labute approximate surface area is 94.0 Å². The van der Waals surface area contributed by atoms with E-state index in [4.69, 9.17) is 10.5 Å². The third-order valence-electron chi connectivity index (χ3n) is 3.63. The average Bonchev–Trinajstić information content (AvgIpc) is 2.27. The smallest absolute Gasteiger partial charge is 0.0724 e. The molecule has 0 radical (unpaired) electrons. The second-order valence-electron chi connectivity index (χ2n) is 4.71. The van der Waals surface area contributed by atoms with Gasteiger partial charge in [-0.2, -0.15) is 0 Å². The molecule has 0 aliphatic carbocycles. The maximum absolute atomic E-state index is 5.83. The molecule has 0 amide bonds. The van der Waals surface area contributed by atoms with Crippen LogP contribution in [0.15, 0.2) is 0 Å². The summed E-state index contributed by atoms with van der Waals surface area (Å²) in [4.78, 5) is 2.51. The van der Waals surface area contributed by atoms with E-state index in [9.17, 15) is 0 Å². The molecule has 1 aliphatic rings. The minimum atomic E-state index is 0.393. The summed E-state index contributed by atoms with van der Waals surface area (Å²) in [7, 11) is 1.82. The topological polar surface area (TPSA) is 38.5 Å². The molecule has 3 atom stereocenters. The third-order valence-corrected chi connectivity index (χ3v) is 3.63. The summed E-state index contributed by atoms with van der Waals surface area (Å²) in [6.45, 7) is 7.52. The van der Waals surface area contributed by atoms with Crippen molar-refractivity contribution in [2.45, 2.75) is 45.3 Å². The predicted molar refractivity (Wildman–Crippen MR) is 63.9 cm³/mol. The van der Waals surface area contributed by atoms with Gasteiger partial charge in [0.25, 0.3) is 0 Å². The lowest BCUT2D eigenvalue weighted by Gasteiger charge is -2.40. The second-order valence-corrected chi connectivity index (χ2v) is 4.71. The van der Waals surface area contributed by atoms with E-state index in [1.54, 1.807) is 0 Å². The Balaban J connectivity index is 2.48. The van der Waals surface area contributed by atoms with Crippen molar-refractivity contribution in [3.63, 3.8) is 0 Å². The van der Waals surface area contributed by atoms with Crippen LogP contribution >= 0.6 is 0 Å². The van der Waals surface area contributed by atoms with Crippen LogP contribution in [0.4, 0.5) is 0 Å². The Bertz CT molecular complexity index is 175. The Morgan fingerprint density at radius 3 is 2.80 bits per heavy atom. The monoisotopic (exact) mass is 214 g/mol. The number of hydrogen-bond acceptors (Lipinski definition) is 3. The van der Waals surface area contributed by atoms with Gasteiger partial charge in [-0.3, -0.25) is 4.90 Å². The lowest BCUT2D eigenvalue weighted by molar-refractivity contribution is -0.0190. The van der Waals surface area contributed by atoms with Crippen molar-refractivity contribution in [2.24, 2.45) is 11.7 Å². The van der Waals surface area contributed by atoms with Crippen molar-refractivity contribution in [1.82, 2.24) is 4.90 Å². The van der Waals surface area contributed by atoms with Gasteiger partial charge in [0, 0.05) is 26.2 Å². The molecule has 3 unspecified atom stereocenters. The number of hydrogen-bond donors (Lipinski definition) is 1. The van der Waals surface area contributed by atoms with Crippen molar-refractivity contribution in [3.8, 4) is 0 Å². The van der Waals surface area contributed by atoms with Crippen LogP contribution in [0.3, 0.4) is 0 Å². The fourth-order valence-electron chi connectivity index (χ4n) is 2.48. The number of rotatable bonds is 5. The van der Waals surface area contributed by atoms with Crippen LogP contribution in [0.25, 0.3) is 0 Å². The van der Waals surface area contributed by atoms with Crippen LogP contribution in [0.2, 0.25) is 0 Å². The number of likely N-dealkylation sites (tertiary alicyclic amines) is 1. The first-order valence-electron chi connectivity index (χ1n) is 6.19. The van der Waals surface area contributed by atoms with Crippen molar-refractivity contribution in [2.75, 3.05) is 26.7 Å². The lowest BCUT2D eigenvalue weighted by atomic mass is 9.94. The van der Waals surface area contributed by atoms with Crippen molar-refractivity contribution in [3.05, 3.63) is 0 Å². The standard InChI is InChI=1S/C12H26N2O/c1-4-5-11(8-13)14-7-6-10(2)12(9-14)15-3/h10-12H,4-9,13H2,1-3H3. The Hall–Kier alpha value is -0.120.